The van der Waals surface area contributed by atoms with Gasteiger partial charge in [0.15, 0.2) is 0 Å². The molecule has 4 rings (SSSR count). The average molecular weight is 275 g/mol. The lowest BCUT2D eigenvalue weighted by atomic mass is 10.0. The van der Waals surface area contributed by atoms with Crippen molar-refractivity contribution in [2.24, 2.45) is 4.36 Å². The quantitative estimate of drug-likeness (QED) is 0.451. The Morgan fingerprint density at radius 2 is 1.25 bits per heavy atom. The van der Waals surface area contributed by atoms with E-state index in [0.29, 0.717) is 0 Å². The molecule has 1 aliphatic heterocycles. The van der Waals surface area contributed by atoms with E-state index >= 15 is 0 Å². The first-order valence-corrected chi connectivity index (χ1v) is 7.81. The van der Waals surface area contributed by atoms with Crippen LogP contribution in [0.3, 0.4) is 0 Å². The molecule has 0 fully saturated rings. The van der Waals surface area contributed by atoms with E-state index in [2.05, 4.69) is 78.9 Å². The third-order valence-electron chi connectivity index (χ3n) is 3.45. The molecule has 96 valence electrons. The largest absolute Gasteiger partial charge is 0.218 e. The molecule has 20 heavy (non-hydrogen) atoms. The van der Waals surface area contributed by atoms with Gasteiger partial charge in [0, 0.05) is 15.4 Å². The Kier molecular flexibility index (Phi) is 2.75. The SMILES string of the molecule is c1ccc(S2=Nc3ccccc3-c3ccccc32)cc1. The zero-order valence-electron chi connectivity index (χ0n) is 10.9. The van der Waals surface area contributed by atoms with Gasteiger partial charge in [-0.3, -0.25) is 0 Å². The molecule has 0 bridgehead atoms. The highest BCUT2D eigenvalue weighted by Crippen LogP contribution is 2.41. The highest BCUT2D eigenvalue weighted by molar-refractivity contribution is 7.87. The Balaban J connectivity index is 2.04. The Morgan fingerprint density at radius 3 is 2.10 bits per heavy atom. The minimum atomic E-state index is -0.219. The molecule has 1 aliphatic rings. The molecule has 2 heteroatoms. The van der Waals surface area contributed by atoms with Crippen molar-refractivity contribution >= 4 is 16.4 Å². The lowest BCUT2D eigenvalue weighted by Crippen LogP contribution is -1.99. The maximum Gasteiger partial charge on any atom is 0.0789 e. The Bertz CT molecular complexity index is 806. The van der Waals surface area contributed by atoms with Gasteiger partial charge in [-0.15, -0.1) is 0 Å². The molecule has 1 unspecified atom stereocenters. The van der Waals surface area contributed by atoms with E-state index in [1.54, 1.807) is 0 Å². The highest BCUT2D eigenvalue weighted by Gasteiger charge is 2.18. The maximum atomic E-state index is 4.98. The lowest BCUT2D eigenvalue weighted by Gasteiger charge is -2.20. The summed E-state index contributed by atoms with van der Waals surface area (Å²) in [4.78, 5) is 2.59. The molecule has 1 heterocycles. The molecule has 0 spiro atoms. The van der Waals surface area contributed by atoms with Gasteiger partial charge in [0.1, 0.15) is 0 Å². The maximum absolute atomic E-state index is 4.98. The molecule has 1 nitrogen and oxygen atoms in total. The standard InChI is InChI=1S/C18H13NS/c1-2-8-14(9-3-1)20-18-13-7-5-11-16(18)15-10-4-6-12-17(15)19-20/h1-13H. The summed E-state index contributed by atoms with van der Waals surface area (Å²) in [5, 5.41) is 0. The Labute approximate surface area is 121 Å². The normalized spacial score (nSPS) is 15.9. The summed E-state index contributed by atoms with van der Waals surface area (Å²) in [6.07, 6.45) is 0. The molecule has 3 aromatic rings. The minimum absolute atomic E-state index is 0.219. The highest BCUT2D eigenvalue weighted by atomic mass is 32.2. The molecule has 0 aromatic heterocycles. The first-order chi connectivity index (χ1) is 9.93. The van der Waals surface area contributed by atoms with Crippen molar-refractivity contribution in [2.75, 3.05) is 0 Å². The predicted octanol–water partition coefficient (Wildman–Crippen LogP) is 5.22. The van der Waals surface area contributed by atoms with Crippen molar-refractivity contribution in [3.8, 4) is 11.1 Å². The van der Waals surface area contributed by atoms with Crippen LogP contribution in [0.1, 0.15) is 0 Å². The van der Waals surface area contributed by atoms with Crippen molar-refractivity contribution in [3.05, 3.63) is 78.9 Å². The van der Waals surface area contributed by atoms with E-state index in [1.165, 1.54) is 20.9 Å². The van der Waals surface area contributed by atoms with Crippen molar-refractivity contribution in [1.82, 2.24) is 0 Å². The zero-order valence-corrected chi connectivity index (χ0v) is 11.7. The third kappa shape index (κ3) is 1.81. The van der Waals surface area contributed by atoms with Gasteiger partial charge in [-0.25, -0.2) is 4.36 Å². The summed E-state index contributed by atoms with van der Waals surface area (Å²) in [5.74, 6) is 0. The fourth-order valence-electron chi connectivity index (χ4n) is 2.52. The molecule has 0 saturated carbocycles. The topological polar surface area (TPSA) is 12.4 Å². The number of nitrogens with zero attached hydrogens (tertiary/aromatic N) is 1. The van der Waals surface area contributed by atoms with E-state index in [0.717, 1.165) is 5.69 Å². The summed E-state index contributed by atoms with van der Waals surface area (Å²) >= 11 is 0. The summed E-state index contributed by atoms with van der Waals surface area (Å²) in [7, 11) is -0.219. The first kappa shape index (κ1) is 11.6. The van der Waals surface area contributed by atoms with Crippen LogP contribution >= 0.6 is 0 Å². The van der Waals surface area contributed by atoms with Gasteiger partial charge in [0.05, 0.1) is 5.69 Å². The van der Waals surface area contributed by atoms with E-state index in [9.17, 15) is 0 Å². The molecule has 0 N–H and O–H groups in total. The van der Waals surface area contributed by atoms with Crippen LogP contribution in [0.2, 0.25) is 0 Å². The van der Waals surface area contributed by atoms with Gasteiger partial charge in [0.2, 0.25) is 0 Å². The molecular weight excluding hydrogens is 262 g/mol. The van der Waals surface area contributed by atoms with E-state index in [-0.39, 0.29) is 10.7 Å². The van der Waals surface area contributed by atoms with Gasteiger partial charge in [0.25, 0.3) is 0 Å². The Morgan fingerprint density at radius 1 is 0.600 bits per heavy atom. The van der Waals surface area contributed by atoms with Crippen LogP contribution in [0.4, 0.5) is 5.69 Å². The van der Waals surface area contributed by atoms with Crippen LogP contribution in [-0.2, 0) is 10.7 Å². The van der Waals surface area contributed by atoms with Gasteiger partial charge >= 0.3 is 0 Å². The van der Waals surface area contributed by atoms with Crippen LogP contribution in [0.5, 0.6) is 0 Å². The van der Waals surface area contributed by atoms with Gasteiger partial charge in [-0.2, -0.15) is 0 Å². The van der Waals surface area contributed by atoms with Crippen molar-refractivity contribution in [3.63, 3.8) is 0 Å². The summed E-state index contributed by atoms with van der Waals surface area (Å²) in [6, 6.07) is 27.6. The first-order valence-electron chi connectivity index (χ1n) is 6.63. The van der Waals surface area contributed by atoms with Crippen molar-refractivity contribution in [2.45, 2.75) is 9.79 Å². The van der Waals surface area contributed by atoms with Gasteiger partial charge in [-0.1, -0.05) is 54.6 Å². The van der Waals surface area contributed by atoms with Crippen molar-refractivity contribution in [1.29, 1.82) is 0 Å². The number of rotatable bonds is 1. The summed E-state index contributed by atoms with van der Waals surface area (Å²) in [5.41, 5.74) is 3.64. The van der Waals surface area contributed by atoms with E-state index < -0.39 is 0 Å². The minimum Gasteiger partial charge on any atom is -0.218 e. The van der Waals surface area contributed by atoms with E-state index in [4.69, 9.17) is 4.36 Å². The summed E-state index contributed by atoms with van der Waals surface area (Å²) < 4.78 is 4.98. The average Bonchev–Trinajstić information content (AvgIpc) is 2.55. The lowest BCUT2D eigenvalue weighted by molar-refractivity contribution is 1.34. The predicted molar refractivity (Wildman–Crippen MR) is 84.3 cm³/mol. The second kappa shape index (κ2) is 4.73. The molecular formula is C18H13NS. The van der Waals surface area contributed by atoms with Crippen LogP contribution in [-0.4, -0.2) is 0 Å². The number of hydrogen-bond donors (Lipinski definition) is 0. The number of hydrogen-bond acceptors (Lipinski definition) is 1. The van der Waals surface area contributed by atoms with Crippen LogP contribution in [0.15, 0.2) is 93.0 Å². The molecule has 0 amide bonds. The fourth-order valence-corrected chi connectivity index (χ4v) is 4.34. The van der Waals surface area contributed by atoms with Crippen LogP contribution in [0, 0.1) is 0 Å². The second-order valence-corrected chi connectivity index (χ2v) is 6.37. The van der Waals surface area contributed by atoms with Gasteiger partial charge < -0.3 is 0 Å². The molecule has 3 aromatic carbocycles. The molecule has 0 saturated heterocycles. The van der Waals surface area contributed by atoms with Gasteiger partial charge in [-0.05, 0) is 40.5 Å². The fraction of sp³-hybridized carbons (Fsp3) is 0. The zero-order chi connectivity index (χ0) is 13.4. The number of fused-ring (bicyclic) bond motifs is 3. The second-order valence-electron chi connectivity index (χ2n) is 4.70. The van der Waals surface area contributed by atoms with E-state index in [1.807, 2.05) is 0 Å². The summed E-state index contributed by atoms with van der Waals surface area (Å²) in [6.45, 7) is 0. The van der Waals surface area contributed by atoms with Crippen LogP contribution in [0.25, 0.3) is 11.1 Å². The monoisotopic (exact) mass is 275 g/mol. The third-order valence-corrected chi connectivity index (χ3v) is 5.32. The molecule has 0 aliphatic carbocycles. The van der Waals surface area contributed by atoms with Crippen molar-refractivity contribution < 1.29 is 0 Å². The Hall–Kier alpha value is -2.19. The number of benzene rings is 3. The molecule has 0 radical (unpaired) electrons. The molecule has 1 atom stereocenters. The smallest absolute Gasteiger partial charge is 0.0789 e. The van der Waals surface area contributed by atoms with Crippen LogP contribution < -0.4 is 0 Å².